The maximum Gasteiger partial charge on any atom is 0.280 e. The molecule has 0 saturated heterocycles. The summed E-state index contributed by atoms with van der Waals surface area (Å²) in [6.45, 7) is -1.46. The third kappa shape index (κ3) is 4.07. The summed E-state index contributed by atoms with van der Waals surface area (Å²) in [6.07, 6.45) is -0.752. The summed E-state index contributed by atoms with van der Waals surface area (Å²) in [5, 5.41) is 30.4. The van der Waals surface area contributed by atoms with E-state index in [1.165, 1.54) is 10.9 Å². The topological polar surface area (TPSA) is 163 Å². The van der Waals surface area contributed by atoms with E-state index in [4.69, 9.17) is 14.9 Å². The van der Waals surface area contributed by atoms with E-state index in [1.54, 1.807) is 30.3 Å². The van der Waals surface area contributed by atoms with Crippen molar-refractivity contribution < 1.29 is 24.9 Å². The molecule has 0 aliphatic carbocycles. The third-order valence-corrected chi connectivity index (χ3v) is 3.92. The average molecular weight is 389 g/mol. The van der Waals surface area contributed by atoms with Crippen LogP contribution in [0.15, 0.2) is 41.5 Å². The fourth-order valence-electron chi connectivity index (χ4n) is 2.53. The smallest absolute Gasteiger partial charge is 0.280 e. The normalized spacial score (nSPS) is 12.4. The Morgan fingerprint density at radius 3 is 2.54 bits per heavy atom. The summed E-state index contributed by atoms with van der Waals surface area (Å²) in [5.74, 6) is -0.574. The number of hydrogen-bond acceptors (Lipinski definition) is 8. The number of benzene rings is 1. The molecule has 3 rings (SSSR count). The van der Waals surface area contributed by atoms with Crippen LogP contribution in [0.4, 0.5) is 5.95 Å². The number of nitrogens with zero attached hydrogens (tertiary/aromatic N) is 3. The van der Waals surface area contributed by atoms with Crippen LogP contribution in [0.5, 0.6) is 0 Å². The Labute approximate surface area is 158 Å². The van der Waals surface area contributed by atoms with Crippen LogP contribution in [0.1, 0.15) is 16.6 Å². The summed E-state index contributed by atoms with van der Waals surface area (Å²) in [4.78, 5) is 35.1. The first-order valence-corrected chi connectivity index (χ1v) is 8.38. The molecule has 11 heteroatoms. The molecular weight excluding hydrogens is 370 g/mol. The van der Waals surface area contributed by atoms with Crippen molar-refractivity contribution in [2.24, 2.45) is 0 Å². The highest BCUT2D eigenvalue weighted by Gasteiger charge is 2.21. The van der Waals surface area contributed by atoms with Gasteiger partial charge >= 0.3 is 0 Å². The summed E-state index contributed by atoms with van der Waals surface area (Å²) in [6, 6.07) is 8.38. The van der Waals surface area contributed by atoms with Crippen molar-refractivity contribution in [3.05, 3.63) is 52.6 Å². The van der Waals surface area contributed by atoms with E-state index in [2.05, 4.69) is 20.3 Å². The molecule has 0 saturated carbocycles. The highest BCUT2D eigenvalue weighted by molar-refractivity contribution is 6.03. The van der Waals surface area contributed by atoms with Gasteiger partial charge in [-0.25, -0.2) is 4.98 Å². The molecule has 28 heavy (non-hydrogen) atoms. The molecular formula is C17H19N5O6. The maximum absolute atomic E-state index is 12.3. The number of hydrogen-bond donors (Lipinski definition) is 5. The highest BCUT2D eigenvalue weighted by atomic mass is 16.5. The zero-order valence-corrected chi connectivity index (χ0v) is 14.6. The first kappa shape index (κ1) is 19.6. The number of amides is 1. The molecule has 2 aromatic heterocycles. The van der Waals surface area contributed by atoms with Gasteiger partial charge in [-0.3, -0.25) is 24.5 Å². The molecule has 0 aliphatic heterocycles. The summed E-state index contributed by atoms with van der Waals surface area (Å²) in [5.41, 5.74) is -0.182. The van der Waals surface area contributed by atoms with Crippen molar-refractivity contribution in [3.8, 4) is 0 Å². The minimum Gasteiger partial charge on any atom is -0.394 e. The number of aromatic amines is 1. The van der Waals surface area contributed by atoms with Crippen molar-refractivity contribution in [2.75, 3.05) is 25.1 Å². The number of imidazole rings is 1. The molecule has 0 fully saturated rings. The number of fused-ring (bicyclic) bond motifs is 1. The van der Waals surface area contributed by atoms with E-state index >= 15 is 0 Å². The minimum absolute atomic E-state index is 0.0238. The van der Waals surface area contributed by atoms with Crippen LogP contribution in [-0.4, -0.2) is 66.7 Å². The molecule has 0 aliphatic rings. The zero-order valence-electron chi connectivity index (χ0n) is 14.6. The number of H-pyrrole nitrogens is 1. The lowest BCUT2D eigenvalue weighted by Gasteiger charge is -2.22. The fraction of sp³-hybridized carbons (Fsp3) is 0.294. The van der Waals surface area contributed by atoms with Gasteiger partial charge in [-0.15, -0.1) is 0 Å². The Morgan fingerprint density at radius 1 is 1.18 bits per heavy atom. The lowest BCUT2D eigenvalue weighted by atomic mass is 10.2. The number of ether oxygens (including phenoxy) is 1. The Hall–Kier alpha value is -3.12. The molecule has 0 spiro atoms. The molecule has 5 N–H and O–H groups in total. The second-order valence-electron chi connectivity index (χ2n) is 5.82. The molecule has 2 heterocycles. The zero-order chi connectivity index (χ0) is 20.1. The van der Waals surface area contributed by atoms with E-state index in [0.29, 0.717) is 5.56 Å². The van der Waals surface area contributed by atoms with Crippen molar-refractivity contribution in [3.63, 3.8) is 0 Å². The third-order valence-electron chi connectivity index (χ3n) is 3.92. The van der Waals surface area contributed by atoms with E-state index in [-0.39, 0.29) is 17.1 Å². The quantitative estimate of drug-likeness (QED) is 0.335. The second-order valence-corrected chi connectivity index (χ2v) is 5.82. The van der Waals surface area contributed by atoms with E-state index < -0.39 is 43.6 Å². The number of anilines is 1. The lowest BCUT2D eigenvalue weighted by Crippen LogP contribution is -2.29. The van der Waals surface area contributed by atoms with E-state index in [0.717, 1.165) is 0 Å². The molecule has 1 aromatic carbocycles. The molecule has 11 nitrogen and oxygen atoms in total. The van der Waals surface area contributed by atoms with Gasteiger partial charge in [0.15, 0.2) is 17.4 Å². The van der Waals surface area contributed by atoms with Crippen LogP contribution in [0.3, 0.4) is 0 Å². The number of nitrogens with one attached hydrogen (secondary N) is 2. The van der Waals surface area contributed by atoms with Crippen molar-refractivity contribution in [1.82, 2.24) is 19.5 Å². The van der Waals surface area contributed by atoms with Crippen LogP contribution >= 0.6 is 0 Å². The molecule has 148 valence electrons. The number of aromatic nitrogens is 4. The van der Waals surface area contributed by atoms with Gasteiger partial charge in [0.1, 0.15) is 6.10 Å². The minimum atomic E-state index is -1.05. The van der Waals surface area contributed by atoms with E-state index in [9.17, 15) is 14.7 Å². The van der Waals surface area contributed by atoms with Crippen LogP contribution in [0, 0.1) is 0 Å². The van der Waals surface area contributed by atoms with Crippen LogP contribution in [0.2, 0.25) is 0 Å². The predicted molar refractivity (Wildman–Crippen MR) is 97.7 cm³/mol. The Balaban J connectivity index is 1.94. The van der Waals surface area contributed by atoms with Gasteiger partial charge in [-0.05, 0) is 12.1 Å². The SMILES string of the molecule is O=C(Nc1nc2c(ncn2C(CO)OC(CO)CO)c(=O)[nH]1)c1ccccc1. The largest absolute Gasteiger partial charge is 0.394 e. The molecule has 1 amide bonds. The van der Waals surface area contributed by atoms with Crippen molar-refractivity contribution in [1.29, 1.82) is 0 Å². The Morgan fingerprint density at radius 2 is 1.89 bits per heavy atom. The monoisotopic (exact) mass is 389 g/mol. The van der Waals surface area contributed by atoms with Gasteiger partial charge in [-0.1, -0.05) is 18.2 Å². The summed E-state index contributed by atoms with van der Waals surface area (Å²) in [7, 11) is 0. The molecule has 3 aromatic rings. The van der Waals surface area contributed by atoms with Gasteiger partial charge in [0.2, 0.25) is 5.95 Å². The van der Waals surface area contributed by atoms with Crippen molar-refractivity contribution >= 4 is 23.0 Å². The first-order chi connectivity index (χ1) is 13.6. The van der Waals surface area contributed by atoms with Crippen LogP contribution in [0.25, 0.3) is 11.2 Å². The Bertz CT molecular complexity index is 998. The fourth-order valence-corrected chi connectivity index (χ4v) is 2.53. The number of aliphatic hydroxyl groups excluding tert-OH is 3. The first-order valence-electron chi connectivity index (χ1n) is 8.38. The molecule has 1 atom stereocenters. The summed E-state index contributed by atoms with van der Waals surface area (Å²) >= 11 is 0. The number of carbonyl (C=O) groups excluding carboxylic acids is 1. The lowest BCUT2D eigenvalue weighted by molar-refractivity contribution is -0.110. The van der Waals surface area contributed by atoms with Gasteiger partial charge < -0.3 is 20.1 Å². The van der Waals surface area contributed by atoms with Crippen molar-refractivity contribution in [2.45, 2.75) is 12.3 Å². The van der Waals surface area contributed by atoms with Gasteiger partial charge in [0, 0.05) is 5.56 Å². The maximum atomic E-state index is 12.3. The average Bonchev–Trinajstić information content (AvgIpc) is 3.14. The van der Waals surface area contributed by atoms with Gasteiger partial charge in [0.05, 0.1) is 26.1 Å². The molecule has 0 radical (unpaired) electrons. The van der Waals surface area contributed by atoms with E-state index in [1.807, 2.05) is 0 Å². The molecule has 0 bridgehead atoms. The van der Waals surface area contributed by atoms with Crippen LogP contribution < -0.4 is 10.9 Å². The standard InChI is InChI=1S/C17H19N5O6/c23-6-11(7-24)28-12(8-25)22-9-18-13-14(22)19-17(21-16(13)27)20-15(26)10-4-2-1-3-5-10/h1-5,9,11-12,23-25H,6-8H2,(H2,19,20,21,26,27). The summed E-state index contributed by atoms with van der Waals surface area (Å²) < 4.78 is 6.69. The van der Waals surface area contributed by atoms with Crippen LogP contribution in [-0.2, 0) is 4.74 Å². The predicted octanol–water partition coefficient (Wildman–Crippen LogP) is -0.767. The second kappa shape index (κ2) is 8.71. The van der Waals surface area contributed by atoms with Gasteiger partial charge in [-0.2, -0.15) is 4.98 Å². The number of aliphatic hydroxyl groups is 3. The number of carbonyl (C=O) groups is 1. The van der Waals surface area contributed by atoms with Gasteiger partial charge in [0.25, 0.3) is 11.5 Å². The molecule has 1 unspecified atom stereocenters. The Kier molecular flexibility index (Phi) is 6.11. The number of rotatable bonds is 8. The highest BCUT2D eigenvalue weighted by Crippen LogP contribution is 2.17.